The molecule has 0 fully saturated rings. The van der Waals surface area contributed by atoms with Gasteiger partial charge in [0.2, 0.25) is 0 Å². The third-order valence-corrected chi connectivity index (χ3v) is 3.21. The van der Waals surface area contributed by atoms with E-state index in [1.807, 2.05) is 6.07 Å². The quantitative estimate of drug-likeness (QED) is 0.749. The molecule has 5 heteroatoms. The van der Waals surface area contributed by atoms with Crippen LogP contribution in [0, 0.1) is 0 Å². The summed E-state index contributed by atoms with van der Waals surface area (Å²) >= 11 is 5.92. The van der Waals surface area contributed by atoms with E-state index in [-0.39, 0.29) is 5.75 Å². The molecule has 0 saturated carbocycles. The number of hydrogen-bond donors (Lipinski definition) is 1. The second kappa shape index (κ2) is 4.98. The van der Waals surface area contributed by atoms with Gasteiger partial charge < -0.3 is 5.11 Å². The van der Waals surface area contributed by atoms with Gasteiger partial charge in [0.15, 0.2) is 0 Å². The monoisotopic (exact) mass is 285 g/mol. The molecule has 2 aromatic carbocycles. The number of nitrogens with zero attached hydrogens (tertiary/aromatic N) is 3. The highest BCUT2D eigenvalue weighted by Gasteiger charge is 2.09. The number of phenolic OH excluding ortho intramolecular Hbond substituents is 1. The van der Waals surface area contributed by atoms with E-state index >= 15 is 0 Å². The maximum atomic E-state index is 10.1. The smallest absolute Gasteiger partial charge is 0.143 e. The van der Waals surface area contributed by atoms with Crippen LogP contribution in [-0.4, -0.2) is 20.1 Å². The van der Waals surface area contributed by atoms with Gasteiger partial charge in [-0.15, -0.1) is 21.6 Å². The summed E-state index contributed by atoms with van der Waals surface area (Å²) in [5, 5.41) is 19.3. The number of rotatable bonds is 3. The zero-order valence-corrected chi connectivity index (χ0v) is 11.4. The molecule has 0 aliphatic heterocycles. The molecule has 4 nitrogen and oxygen atoms in total. The van der Waals surface area contributed by atoms with E-state index in [9.17, 15) is 5.11 Å². The Morgan fingerprint density at radius 2 is 1.95 bits per heavy atom. The summed E-state index contributed by atoms with van der Waals surface area (Å²) in [6, 6.07) is 10.7. The van der Waals surface area contributed by atoms with Crippen molar-refractivity contribution in [3.8, 4) is 11.4 Å². The zero-order valence-electron chi connectivity index (χ0n) is 10.6. The normalized spacial score (nSPS) is 10.8. The number of phenols is 1. The van der Waals surface area contributed by atoms with Crippen molar-refractivity contribution in [2.75, 3.05) is 0 Å². The van der Waals surface area contributed by atoms with Crippen LogP contribution in [0.5, 0.6) is 5.75 Å². The molecule has 3 aromatic rings. The van der Waals surface area contributed by atoms with Crippen LogP contribution in [0.2, 0.25) is 5.02 Å². The number of aromatic nitrogens is 3. The fraction of sp³-hybridized carbons (Fsp3) is 0.0667. The average Bonchev–Trinajstić information content (AvgIpc) is 2.81. The molecule has 0 aliphatic carbocycles. The van der Waals surface area contributed by atoms with E-state index in [0.717, 1.165) is 11.1 Å². The highest BCUT2D eigenvalue weighted by molar-refractivity contribution is 6.31. The molecule has 20 heavy (non-hydrogen) atoms. The Morgan fingerprint density at radius 1 is 1.15 bits per heavy atom. The fourth-order valence-electron chi connectivity index (χ4n) is 2.03. The van der Waals surface area contributed by atoms with E-state index in [1.54, 1.807) is 36.4 Å². The third kappa shape index (κ3) is 2.26. The van der Waals surface area contributed by atoms with Crippen molar-refractivity contribution in [3.05, 3.63) is 59.6 Å². The van der Waals surface area contributed by atoms with Crippen LogP contribution in [0.15, 0.2) is 49.1 Å². The van der Waals surface area contributed by atoms with Gasteiger partial charge in [-0.25, -0.2) is 0 Å². The number of hydrogen-bond acceptors (Lipinski definition) is 3. The van der Waals surface area contributed by atoms with Crippen molar-refractivity contribution in [2.45, 2.75) is 6.42 Å². The Balaban J connectivity index is 2.08. The molecule has 100 valence electrons. The lowest BCUT2D eigenvalue weighted by atomic mass is 10.1. The summed E-state index contributed by atoms with van der Waals surface area (Å²) in [5.41, 5.74) is 2.93. The predicted octanol–water partition coefficient (Wildman–Crippen LogP) is 3.51. The minimum atomic E-state index is 0.135. The van der Waals surface area contributed by atoms with Gasteiger partial charge in [0.05, 0.1) is 0 Å². The SMILES string of the molecule is C=CCc1ccc(-n2nc3ccc(Cl)cc3n2)c(O)c1. The largest absolute Gasteiger partial charge is 0.506 e. The molecule has 0 amide bonds. The van der Waals surface area contributed by atoms with Crippen molar-refractivity contribution < 1.29 is 5.11 Å². The molecule has 1 N–H and O–H groups in total. The van der Waals surface area contributed by atoms with Crippen LogP contribution >= 0.6 is 11.6 Å². The Bertz CT molecular complexity index is 795. The first kappa shape index (κ1) is 12.7. The van der Waals surface area contributed by atoms with E-state index < -0.39 is 0 Å². The highest BCUT2D eigenvalue weighted by atomic mass is 35.5. The van der Waals surface area contributed by atoms with Gasteiger partial charge in [-0.3, -0.25) is 0 Å². The second-order valence-electron chi connectivity index (χ2n) is 4.44. The lowest BCUT2D eigenvalue weighted by Gasteiger charge is -2.04. The topological polar surface area (TPSA) is 50.9 Å². The molecule has 1 heterocycles. The first-order chi connectivity index (χ1) is 9.67. The summed E-state index contributed by atoms with van der Waals surface area (Å²) in [6.45, 7) is 3.68. The predicted molar refractivity (Wildman–Crippen MR) is 79.4 cm³/mol. The molecule has 0 spiro atoms. The van der Waals surface area contributed by atoms with Gasteiger partial charge >= 0.3 is 0 Å². The number of benzene rings is 2. The molecule has 0 saturated heterocycles. The van der Waals surface area contributed by atoms with Crippen molar-refractivity contribution in [3.63, 3.8) is 0 Å². The van der Waals surface area contributed by atoms with E-state index in [4.69, 9.17) is 11.6 Å². The Labute approximate surface area is 120 Å². The number of halogens is 1. The first-order valence-corrected chi connectivity index (χ1v) is 6.51. The standard InChI is InChI=1S/C15H12ClN3O/c1-2-3-10-4-7-14(15(20)8-10)19-17-12-6-5-11(16)9-13(12)18-19/h2,4-9,20H,1,3H2. The summed E-state index contributed by atoms with van der Waals surface area (Å²) in [5.74, 6) is 0.135. The third-order valence-electron chi connectivity index (χ3n) is 2.98. The van der Waals surface area contributed by atoms with Gasteiger partial charge in [0.1, 0.15) is 22.5 Å². The van der Waals surface area contributed by atoms with Gasteiger partial charge in [-0.1, -0.05) is 23.7 Å². The molecule has 0 bridgehead atoms. The molecule has 0 unspecified atom stereocenters. The molecule has 0 aliphatic rings. The minimum Gasteiger partial charge on any atom is -0.506 e. The number of allylic oxidation sites excluding steroid dienone is 1. The highest BCUT2D eigenvalue weighted by Crippen LogP contribution is 2.24. The molecule has 3 rings (SSSR count). The molecule has 0 atom stereocenters. The molecule has 0 radical (unpaired) electrons. The van der Waals surface area contributed by atoms with Crippen LogP contribution in [0.25, 0.3) is 16.7 Å². The lowest BCUT2D eigenvalue weighted by molar-refractivity contribution is 0.467. The van der Waals surface area contributed by atoms with Crippen LogP contribution in [0.3, 0.4) is 0 Å². The lowest BCUT2D eigenvalue weighted by Crippen LogP contribution is -1.99. The summed E-state index contributed by atoms with van der Waals surface area (Å²) in [6.07, 6.45) is 2.49. The molecular weight excluding hydrogens is 274 g/mol. The van der Waals surface area contributed by atoms with E-state index in [0.29, 0.717) is 22.6 Å². The van der Waals surface area contributed by atoms with Crippen LogP contribution in [-0.2, 0) is 6.42 Å². The van der Waals surface area contributed by atoms with Crippen molar-refractivity contribution in [1.82, 2.24) is 15.0 Å². The summed E-state index contributed by atoms with van der Waals surface area (Å²) in [4.78, 5) is 1.41. The van der Waals surface area contributed by atoms with Gasteiger partial charge in [-0.05, 0) is 42.3 Å². The summed E-state index contributed by atoms with van der Waals surface area (Å²) in [7, 11) is 0. The van der Waals surface area contributed by atoms with Crippen LogP contribution < -0.4 is 0 Å². The maximum absolute atomic E-state index is 10.1. The molecular formula is C15H12ClN3O. The maximum Gasteiger partial charge on any atom is 0.143 e. The number of fused-ring (bicyclic) bond motifs is 1. The minimum absolute atomic E-state index is 0.135. The number of aromatic hydroxyl groups is 1. The van der Waals surface area contributed by atoms with Gasteiger partial charge in [0, 0.05) is 5.02 Å². The van der Waals surface area contributed by atoms with Gasteiger partial charge in [-0.2, -0.15) is 0 Å². The van der Waals surface area contributed by atoms with Crippen molar-refractivity contribution in [2.24, 2.45) is 0 Å². The van der Waals surface area contributed by atoms with Gasteiger partial charge in [0.25, 0.3) is 0 Å². The Morgan fingerprint density at radius 3 is 2.70 bits per heavy atom. The van der Waals surface area contributed by atoms with Crippen molar-refractivity contribution in [1.29, 1.82) is 0 Å². The van der Waals surface area contributed by atoms with Crippen LogP contribution in [0.1, 0.15) is 5.56 Å². The first-order valence-electron chi connectivity index (χ1n) is 6.13. The van der Waals surface area contributed by atoms with Crippen molar-refractivity contribution >= 4 is 22.6 Å². The second-order valence-corrected chi connectivity index (χ2v) is 4.87. The average molecular weight is 286 g/mol. The summed E-state index contributed by atoms with van der Waals surface area (Å²) < 4.78 is 0. The fourth-order valence-corrected chi connectivity index (χ4v) is 2.19. The Hall–Kier alpha value is -2.33. The molecule has 1 aromatic heterocycles. The Kier molecular flexibility index (Phi) is 3.16. The zero-order chi connectivity index (χ0) is 14.1. The van der Waals surface area contributed by atoms with E-state index in [1.165, 1.54) is 4.80 Å². The van der Waals surface area contributed by atoms with E-state index in [2.05, 4.69) is 16.8 Å². The van der Waals surface area contributed by atoms with Crippen LogP contribution in [0.4, 0.5) is 0 Å².